The van der Waals surface area contributed by atoms with Crippen LogP contribution in [0.15, 0.2) is 48.8 Å². The van der Waals surface area contributed by atoms with Crippen molar-refractivity contribution >= 4 is 17.7 Å². The van der Waals surface area contributed by atoms with Crippen LogP contribution in [-0.2, 0) is 11.3 Å². The van der Waals surface area contributed by atoms with E-state index in [1.165, 1.54) is 0 Å². The van der Waals surface area contributed by atoms with Crippen molar-refractivity contribution in [1.82, 2.24) is 25.3 Å². The number of carboxylic acid groups (broad SMARTS) is 1. The van der Waals surface area contributed by atoms with Gasteiger partial charge in [-0.05, 0) is 50.0 Å². The van der Waals surface area contributed by atoms with Crippen molar-refractivity contribution in [3.05, 3.63) is 54.4 Å². The normalized spacial score (nSPS) is 14.3. The number of carbonyl (C=O) groups is 2. The number of carboxylic acids is 1. The molecule has 1 aliphatic rings. The van der Waals surface area contributed by atoms with Gasteiger partial charge in [-0.2, -0.15) is 23.4 Å². The van der Waals surface area contributed by atoms with Gasteiger partial charge < -0.3 is 15.7 Å². The first kappa shape index (κ1) is 24.0. The summed E-state index contributed by atoms with van der Waals surface area (Å²) < 4.78 is 33.6. The Morgan fingerprint density at radius 2 is 1.88 bits per heavy atom. The molecule has 0 atom stereocenters. The maximum atomic E-state index is 12.7. The van der Waals surface area contributed by atoms with Crippen LogP contribution < -0.4 is 10.6 Å². The zero-order chi connectivity index (χ0) is 23.8. The molecule has 9 nitrogen and oxygen atoms in total. The molecule has 1 saturated heterocycles. The minimum absolute atomic E-state index is 0.140. The van der Waals surface area contributed by atoms with E-state index in [2.05, 4.69) is 25.9 Å². The quantitative estimate of drug-likeness (QED) is 0.460. The van der Waals surface area contributed by atoms with Crippen LogP contribution in [0.2, 0.25) is 0 Å². The lowest BCUT2D eigenvalue weighted by Gasteiger charge is -2.23. The van der Waals surface area contributed by atoms with Crippen molar-refractivity contribution in [3.63, 3.8) is 0 Å². The number of halogens is 3. The van der Waals surface area contributed by atoms with Crippen LogP contribution in [0.3, 0.4) is 0 Å². The van der Waals surface area contributed by atoms with Crippen LogP contribution >= 0.6 is 0 Å². The first-order valence-corrected chi connectivity index (χ1v) is 10.2. The summed E-state index contributed by atoms with van der Waals surface area (Å²) in [6.45, 7) is 2.93. The van der Waals surface area contributed by atoms with Crippen LogP contribution in [-0.4, -0.2) is 56.2 Å². The van der Waals surface area contributed by atoms with E-state index in [9.17, 15) is 18.0 Å². The molecule has 176 valence electrons. The summed E-state index contributed by atoms with van der Waals surface area (Å²) in [6.07, 6.45) is 0.623. The Morgan fingerprint density at radius 3 is 2.52 bits per heavy atom. The van der Waals surface area contributed by atoms with E-state index < -0.39 is 12.1 Å². The molecule has 0 aliphatic carbocycles. The summed E-state index contributed by atoms with van der Waals surface area (Å²) in [6, 6.07) is 11.2. The molecule has 1 amide bonds. The molecule has 1 aromatic carbocycles. The van der Waals surface area contributed by atoms with Crippen molar-refractivity contribution in [2.75, 3.05) is 18.4 Å². The number of aromatic nitrogens is 4. The molecule has 4 rings (SSSR count). The maximum Gasteiger partial charge on any atom is 0.490 e. The zero-order valence-corrected chi connectivity index (χ0v) is 17.5. The molecular weight excluding hydrogens is 441 g/mol. The van der Waals surface area contributed by atoms with E-state index in [1.54, 1.807) is 12.4 Å². The highest BCUT2D eigenvalue weighted by atomic mass is 19.4. The number of hydrogen-bond acceptors (Lipinski definition) is 5. The molecule has 0 unspecified atom stereocenters. The van der Waals surface area contributed by atoms with Gasteiger partial charge in [-0.15, -0.1) is 0 Å². The molecule has 33 heavy (non-hydrogen) atoms. The maximum absolute atomic E-state index is 12.7. The fourth-order valence-electron chi connectivity index (χ4n) is 3.33. The molecule has 3 aromatic rings. The largest absolute Gasteiger partial charge is 0.490 e. The Morgan fingerprint density at radius 1 is 1.15 bits per heavy atom. The molecule has 0 saturated carbocycles. The smallest absolute Gasteiger partial charge is 0.475 e. The van der Waals surface area contributed by atoms with Gasteiger partial charge >= 0.3 is 12.1 Å². The van der Waals surface area contributed by atoms with Crippen molar-refractivity contribution in [2.24, 2.45) is 5.92 Å². The van der Waals surface area contributed by atoms with Gasteiger partial charge in [-0.25, -0.2) is 9.48 Å². The fraction of sp³-hybridized carbons (Fsp3) is 0.333. The first-order chi connectivity index (χ1) is 15.7. The number of carbonyl (C=O) groups excluding carboxylic acids is 1. The Labute approximate surface area is 187 Å². The number of nitrogens with zero attached hydrogens (tertiary/aromatic N) is 3. The van der Waals surface area contributed by atoms with Gasteiger partial charge in [-0.1, -0.05) is 12.1 Å². The fourth-order valence-corrected chi connectivity index (χ4v) is 3.33. The molecule has 3 heterocycles. The van der Waals surface area contributed by atoms with Gasteiger partial charge in [0.25, 0.3) is 5.91 Å². The SMILES string of the molecule is O=C(Nc1ccnn1CC1CCNCC1)c1cccc(-c2ccn[nH]2)c1.O=C(O)C(F)(F)F. The number of alkyl halides is 3. The third kappa shape index (κ3) is 6.91. The number of hydrogen-bond donors (Lipinski definition) is 4. The number of H-pyrrole nitrogens is 1. The van der Waals surface area contributed by atoms with E-state index in [-0.39, 0.29) is 5.91 Å². The molecule has 4 N–H and O–H groups in total. The average molecular weight is 464 g/mol. The van der Waals surface area contributed by atoms with E-state index in [0.29, 0.717) is 11.5 Å². The summed E-state index contributed by atoms with van der Waals surface area (Å²) in [5.74, 6) is -1.57. The van der Waals surface area contributed by atoms with E-state index in [0.717, 1.165) is 49.6 Å². The topological polar surface area (TPSA) is 125 Å². The third-order valence-electron chi connectivity index (χ3n) is 5.03. The summed E-state index contributed by atoms with van der Waals surface area (Å²) in [5, 5.41) is 24.7. The van der Waals surface area contributed by atoms with Crippen molar-refractivity contribution in [1.29, 1.82) is 0 Å². The minimum Gasteiger partial charge on any atom is -0.475 e. The number of anilines is 1. The Balaban J connectivity index is 0.000000383. The predicted octanol–water partition coefficient (Wildman–Crippen LogP) is 3.16. The summed E-state index contributed by atoms with van der Waals surface area (Å²) in [7, 11) is 0. The number of benzene rings is 1. The Bertz CT molecular complexity index is 1060. The van der Waals surface area contributed by atoms with Gasteiger partial charge in [0.2, 0.25) is 0 Å². The summed E-state index contributed by atoms with van der Waals surface area (Å²) >= 11 is 0. The van der Waals surface area contributed by atoms with Gasteiger partial charge in [-0.3, -0.25) is 9.89 Å². The van der Waals surface area contributed by atoms with Crippen molar-refractivity contribution in [2.45, 2.75) is 25.6 Å². The van der Waals surface area contributed by atoms with Crippen LogP contribution in [0, 0.1) is 5.92 Å². The summed E-state index contributed by atoms with van der Waals surface area (Å²) in [5.41, 5.74) is 2.42. The Kier molecular flexibility index (Phi) is 7.83. The molecular formula is C21H23F3N6O3. The summed E-state index contributed by atoms with van der Waals surface area (Å²) in [4.78, 5) is 21.6. The van der Waals surface area contributed by atoms with Crippen LogP contribution in [0.25, 0.3) is 11.3 Å². The minimum atomic E-state index is -5.08. The monoisotopic (exact) mass is 464 g/mol. The molecule has 1 aliphatic heterocycles. The number of aromatic amines is 1. The van der Waals surface area contributed by atoms with Crippen LogP contribution in [0.1, 0.15) is 23.2 Å². The van der Waals surface area contributed by atoms with Gasteiger partial charge in [0.05, 0.1) is 11.9 Å². The first-order valence-electron chi connectivity index (χ1n) is 10.2. The lowest BCUT2D eigenvalue weighted by atomic mass is 9.98. The lowest BCUT2D eigenvalue weighted by molar-refractivity contribution is -0.192. The third-order valence-corrected chi connectivity index (χ3v) is 5.03. The molecule has 0 bridgehead atoms. The molecule has 0 spiro atoms. The number of amides is 1. The number of piperidine rings is 1. The zero-order valence-electron chi connectivity index (χ0n) is 17.5. The second-order valence-corrected chi connectivity index (χ2v) is 7.40. The second kappa shape index (κ2) is 10.8. The highest BCUT2D eigenvalue weighted by Crippen LogP contribution is 2.20. The predicted molar refractivity (Wildman–Crippen MR) is 113 cm³/mol. The average Bonchev–Trinajstić information content (AvgIpc) is 3.47. The van der Waals surface area contributed by atoms with Gasteiger partial charge in [0, 0.05) is 29.9 Å². The van der Waals surface area contributed by atoms with E-state index in [4.69, 9.17) is 9.90 Å². The highest BCUT2D eigenvalue weighted by molar-refractivity contribution is 6.04. The molecule has 1 fully saturated rings. The second-order valence-electron chi connectivity index (χ2n) is 7.40. The molecule has 0 radical (unpaired) electrons. The van der Waals surface area contributed by atoms with Crippen LogP contribution in [0.5, 0.6) is 0 Å². The van der Waals surface area contributed by atoms with E-state index >= 15 is 0 Å². The van der Waals surface area contributed by atoms with E-state index in [1.807, 2.05) is 41.1 Å². The number of aliphatic carboxylic acids is 1. The number of rotatable bonds is 5. The van der Waals surface area contributed by atoms with Crippen LogP contribution in [0.4, 0.5) is 19.0 Å². The Hall–Kier alpha value is -3.67. The van der Waals surface area contributed by atoms with Gasteiger partial charge in [0.1, 0.15) is 5.82 Å². The lowest BCUT2D eigenvalue weighted by Crippen LogP contribution is -2.30. The van der Waals surface area contributed by atoms with Gasteiger partial charge in [0.15, 0.2) is 0 Å². The molecule has 2 aromatic heterocycles. The highest BCUT2D eigenvalue weighted by Gasteiger charge is 2.38. The molecule has 12 heteroatoms. The van der Waals surface area contributed by atoms with Crippen molar-refractivity contribution < 1.29 is 27.9 Å². The van der Waals surface area contributed by atoms with Crippen molar-refractivity contribution in [3.8, 4) is 11.3 Å². The standard InChI is InChI=1S/C19H22N6O.C2HF3O2/c26-19(16-3-1-2-15(12-16)17-6-10-21-24-17)23-18-7-11-22-25(18)13-14-4-8-20-9-5-14;3-2(4,5)1(6)7/h1-3,6-7,10-12,14,20H,4-5,8-9,13H2,(H,21,24)(H,23,26);(H,6,7). The number of nitrogens with one attached hydrogen (secondary N) is 3.